The summed E-state index contributed by atoms with van der Waals surface area (Å²) in [5, 5.41) is 0.830. The van der Waals surface area contributed by atoms with Gasteiger partial charge in [-0.1, -0.05) is 11.3 Å². The van der Waals surface area contributed by atoms with Gasteiger partial charge in [0.2, 0.25) is 0 Å². The van der Waals surface area contributed by atoms with Gasteiger partial charge in [0.15, 0.2) is 8.98 Å². The Morgan fingerprint density at radius 1 is 1.88 bits per heavy atom. The third kappa shape index (κ3) is 1.20. The summed E-state index contributed by atoms with van der Waals surface area (Å²) in [6.45, 7) is 0. The van der Waals surface area contributed by atoms with Crippen LogP contribution in [0.5, 0.6) is 5.06 Å². The van der Waals surface area contributed by atoms with Crippen LogP contribution >= 0.6 is 27.3 Å². The number of halogens is 1. The van der Waals surface area contributed by atoms with Gasteiger partial charge in [-0.2, -0.15) is 0 Å². The van der Waals surface area contributed by atoms with Gasteiger partial charge in [0.25, 0.3) is 0 Å². The number of hydrogen-bond donors (Lipinski definition) is 0. The molecule has 0 aliphatic carbocycles. The molecule has 0 unspecified atom stereocenters. The molecule has 1 heterocycles. The zero-order valence-corrected chi connectivity index (χ0v) is 6.62. The van der Waals surface area contributed by atoms with Crippen LogP contribution in [0.4, 0.5) is 0 Å². The van der Waals surface area contributed by atoms with Crippen molar-refractivity contribution in [2.45, 2.75) is 0 Å². The number of methoxy groups -OCH3 is 1. The molecule has 0 aromatic carbocycles. The molecule has 0 radical (unpaired) electrons. The maximum Gasteiger partial charge on any atom is 0.194 e. The summed E-state index contributed by atoms with van der Waals surface area (Å²) in [6.07, 6.45) is 1.68. The van der Waals surface area contributed by atoms with Gasteiger partial charge in [-0.15, -0.1) is 0 Å². The van der Waals surface area contributed by atoms with E-state index in [4.69, 9.17) is 4.74 Å². The summed E-state index contributed by atoms with van der Waals surface area (Å²) in [5.41, 5.74) is 0. The molecule has 0 N–H and O–H groups in total. The van der Waals surface area contributed by atoms with Gasteiger partial charge in [-0.25, -0.2) is 4.98 Å². The highest BCUT2D eigenvalue weighted by molar-refractivity contribution is 9.11. The van der Waals surface area contributed by atoms with E-state index in [-0.39, 0.29) is 0 Å². The van der Waals surface area contributed by atoms with Crippen LogP contribution in [0.15, 0.2) is 10.1 Å². The average molecular weight is 194 g/mol. The number of aromatic nitrogens is 1. The molecule has 8 heavy (non-hydrogen) atoms. The van der Waals surface area contributed by atoms with E-state index in [0.717, 1.165) is 8.98 Å². The Bertz CT molecular complexity index is 176. The fourth-order valence-corrected chi connectivity index (χ4v) is 1.37. The predicted molar refractivity (Wildman–Crippen MR) is 36.4 cm³/mol. The zero-order valence-electron chi connectivity index (χ0n) is 4.22. The lowest BCUT2D eigenvalue weighted by Crippen LogP contribution is -1.73. The molecule has 1 aromatic rings. The lowest BCUT2D eigenvalue weighted by Gasteiger charge is -1.85. The Morgan fingerprint density at radius 3 is 2.88 bits per heavy atom. The van der Waals surface area contributed by atoms with Crippen LogP contribution in [-0.2, 0) is 0 Å². The monoisotopic (exact) mass is 193 g/mol. The first-order chi connectivity index (χ1) is 3.83. The summed E-state index contributed by atoms with van der Waals surface area (Å²) in [6, 6.07) is 0. The Hall–Kier alpha value is -0.0900. The lowest BCUT2D eigenvalue weighted by molar-refractivity contribution is 0.426. The maximum absolute atomic E-state index is 4.86. The number of rotatable bonds is 1. The molecule has 0 spiro atoms. The van der Waals surface area contributed by atoms with Gasteiger partial charge in [0.05, 0.1) is 13.3 Å². The summed E-state index contributed by atoms with van der Waals surface area (Å²) in [4.78, 5) is 3.90. The number of ether oxygens (including phenoxy) is 1. The second-order valence-corrected chi connectivity index (χ2v) is 3.41. The topological polar surface area (TPSA) is 22.1 Å². The van der Waals surface area contributed by atoms with Crippen LogP contribution in [0.25, 0.3) is 0 Å². The molecule has 1 aromatic heterocycles. The van der Waals surface area contributed by atoms with Crippen LogP contribution in [0.3, 0.4) is 0 Å². The van der Waals surface area contributed by atoms with Crippen molar-refractivity contribution in [3.63, 3.8) is 0 Å². The second-order valence-electron chi connectivity index (χ2n) is 1.14. The van der Waals surface area contributed by atoms with Crippen molar-refractivity contribution in [3.8, 4) is 5.06 Å². The van der Waals surface area contributed by atoms with E-state index in [1.165, 1.54) is 11.3 Å². The normalized spacial score (nSPS) is 9.25. The minimum Gasteiger partial charge on any atom is -0.486 e. The van der Waals surface area contributed by atoms with Crippen LogP contribution in [-0.4, -0.2) is 12.1 Å². The van der Waals surface area contributed by atoms with E-state index in [9.17, 15) is 0 Å². The smallest absolute Gasteiger partial charge is 0.194 e. The van der Waals surface area contributed by atoms with Crippen molar-refractivity contribution in [3.05, 3.63) is 10.1 Å². The zero-order chi connectivity index (χ0) is 5.98. The van der Waals surface area contributed by atoms with Crippen molar-refractivity contribution in [2.24, 2.45) is 0 Å². The SMILES string of the molecule is COc1cnc(Br)s1. The first-order valence-corrected chi connectivity index (χ1v) is 3.59. The maximum atomic E-state index is 4.86. The van der Waals surface area contributed by atoms with Gasteiger partial charge in [-0.05, 0) is 15.9 Å². The quantitative estimate of drug-likeness (QED) is 0.681. The van der Waals surface area contributed by atoms with Crippen LogP contribution in [0.2, 0.25) is 0 Å². The van der Waals surface area contributed by atoms with E-state index in [0.29, 0.717) is 0 Å². The molecular weight excluding hydrogens is 190 g/mol. The highest BCUT2D eigenvalue weighted by atomic mass is 79.9. The van der Waals surface area contributed by atoms with E-state index < -0.39 is 0 Å². The molecule has 0 fully saturated rings. The third-order valence-electron chi connectivity index (χ3n) is 0.657. The van der Waals surface area contributed by atoms with Gasteiger partial charge in [-0.3, -0.25) is 0 Å². The molecule has 0 amide bonds. The first kappa shape index (κ1) is 6.04. The van der Waals surface area contributed by atoms with Crippen LogP contribution < -0.4 is 4.74 Å². The molecule has 1 rings (SSSR count). The minimum atomic E-state index is 0.830. The highest BCUT2D eigenvalue weighted by Gasteiger charge is 1.94. The largest absolute Gasteiger partial charge is 0.486 e. The van der Waals surface area contributed by atoms with Gasteiger partial charge < -0.3 is 4.74 Å². The average Bonchev–Trinajstić information content (AvgIpc) is 2.14. The molecule has 0 saturated heterocycles. The standard InChI is InChI=1S/C4H4BrNOS/c1-7-3-2-6-4(5)8-3/h2H,1H3. The number of nitrogens with zero attached hydrogens (tertiary/aromatic N) is 1. The van der Waals surface area contributed by atoms with Gasteiger partial charge in [0.1, 0.15) is 0 Å². The van der Waals surface area contributed by atoms with Crippen molar-refractivity contribution in [1.82, 2.24) is 4.98 Å². The van der Waals surface area contributed by atoms with Crippen LogP contribution in [0, 0.1) is 0 Å². The van der Waals surface area contributed by atoms with Crippen molar-refractivity contribution >= 4 is 27.3 Å². The third-order valence-corrected chi connectivity index (χ3v) is 2.09. The Labute approximate surface area is 59.6 Å². The fraction of sp³-hybridized carbons (Fsp3) is 0.250. The van der Waals surface area contributed by atoms with E-state index >= 15 is 0 Å². The fourth-order valence-electron chi connectivity index (χ4n) is 0.334. The minimum absolute atomic E-state index is 0.830. The molecule has 2 nitrogen and oxygen atoms in total. The van der Waals surface area contributed by atoms with Gasteiger partial charge in [0, 0.05) is 0 Å². The van der Waals surface area contributed by atoms with Gasteiger partial charge >= 0.3 is 0 Å². The molecule has 0 aliphatic rings. The van der Waals surface area contributed by atoms with Crippen molar-refractivity contribution in [1.29, 1.82) is 0 Å². The second kappa shape index (κ2) is 2.46. The number of hydrogen-bond acceptors (Lipinski definition) is 3. The molecule has 44 valence electrons. The van der Waals surface area contributed by atoms with E-state index in [1.54, 1.807) is 13.3 Å². The summed E-state index contributed by atoms with van der Waals surface area (Å²) in [5.74, 6) is 0. The van der Waals surface area contributed by atoms with Crippen LogP contribution in [0.1, 0.15) is 0 Å². The Kier molecular flexibility index (Phi) is 1.85. The van der Waals surface area contributed by atoms with E-state index in [1.807, 2.05) is 0 Å². The molecule has 0 saturated carbocycles. The molecule has 4 heteroatoms. The molecule has 0 atom stereocenters. The molecule has 0 aliphatic heterocycles. The number of thiazole rings is 1. The summed E-state index contributed by atoms with van der Waals surface area (Å²) < 4.78 is 5.72. The van der Waals surface area contributed by atoms with E-state index in [2.05, 4.69) is 20.9 Å². The Balaban J connectivity index is 2.84. The highest BCUT2D eigenvalue weighted by Crippen LogP contribution is 2.24. The molecular formula is C4H4BrNOS. The molecule has 0 bridgehead atoms. The Morgan fingerprint density at radius 2 is 2.62 bits per heavy atom. The summed E-state index contributed by atoms with van der Waals surface area (Å²) >= 11 is 4.67. The van der Waals surface area contributed by atoms with Crippen molar-refractivity contribution in [2.75, 3.05) is 7.11 Å². The predicted octanol–water partition coefficient (Wildman–Crippen LogP) is 1.91. The van der Waals surface area contributed by atoms with Crippen molar-refractivity contribution < 1.29 is 4.74 Å². The lowest BCUT2D eigenvalue weighted by atomic mass is 10.9. The first-order valence-electron chi connectivity index (χ1n) is 1.98. The summed E-state index contributed by atoms with van der Waals surface area (Å²) in [7, 11) is 1.62.